The molecule has 4 N–H and O–H groups in total. The van der Waals surface area contributed by atoms with Crippen molar-refractivity contribution in [3.63, 3.8) is 0 Å². The van der Waals surface area contributed by atoms with Crippen LogP contribution in [-0.4, -0.2) is 66.4 Å². The van der Waals surface area contributed by atoms with Crippen molar-refractivity contribution in [1.82, 2.24) is 20.9 Å². The summed E-state index contributed by atoms with van der Waals surface area (Å²) >= 11 is 0. The Balaban J connectivity index is 1.09. The maximum absolute atomic E-state index is 13.3. The van der Waals surface area contributed by atoms with Gasteiger partial charge in [-0.1, -0.05) is 97.9 Å². The number of hydrogen-bond donors (Lipinski definition) is 4. The number of amides is 3. The summed E-state index contributed by atoms with van der Waals surface area (Å²) in [5, 5.41) is 18.5. The fourth-order valence-corrected chi connectivity index (χ4v) is 7.90. The van der Waals surface area contributed by atoms with Gasteiger partial charge in [0.25, 0.3) is 0 Å². The molecule has 0 unspecified atom stereocenters. The molecule has 10 nitrogen and oxygen atoms in total. The summed E-state index contributed by atoms with van der Waals surface area (Å²) in [5.74, 6) is 0.161. The second-order valence-corrected chi connectivity index (χ2v) is 14.1. The highest BCUT2D eigenvalue weighted by Gasteiger charge is 2.51. The average molecular weight is 704 g/mol. The number of carbonyl (C=O) groups excluding carboxylic acids is 2. The van der Waals surface area contributed by atoms with Crippen molar-refractivity contribution in [2.45, 2.75) is 63.9 Å². The molecule has 3 aliphatic rings. The molecule has 0 saturated carbocycles. The first-order valence-electron chi connectivity index (χ1n) is 18.4. The predicted molar refractivity (Wildman–Crippen MR) is 201 cm³/mol. The van der Waals surface area contributed by atoms with Crippen LogP contribution in [-0.2, 0) is 27.4 Å². The van der Waals surface area contributed by atoms with E-state index in [1.165, 1.54) is 0 Å². The molecule has 4 atom stereocenters. The maximum atomic E-state index is 13.3. The lowest BCUT2D eigenvalue weighted by Crippen LogP contribution is -2.57. The predicted octanol–water partition coefficient (Wildman–Crippen LogP) is 5.88. The lowest BCUT2D eigenvalue weighted by molar-refractivity contribution is -0.276. The van der Waals surface area contributed by atoms with E-state index in [2.05, 4.69) is 75.1 Å². The molecular weight excluding hydrogens is 654 g/mol. The van der Waals surface area contributed by atoms with E-state index in [1.807, 2.05) is 67.6 Å². The van der Waals surface area contributed by atoms with Crippen LogP contribution in [0.2, 0.25) is 0 Å². The van der Waals surface area contributed by atoms with Crippen molar-refractivity contribution in [2.24, 2.45) is 5.92 Å². The molecule has 3 heterocycles. The molecule has 0 bridgehead atoms. The van der Waals surface area contributed by atoms with Gasteiger partial charge in [-0.3, -0.25) is 4.79 Å². The van der Waals surface area contributed by atoms with E-state index >= 15 is 0 Å². The fraction of sp³-hybridized carbons (Fsp3) is 0.381. The molecule has 7 rings (SSSR count). The van der Waals surface area contributed by atoms with E-state index in [-0.39, 0.29) is 36.7 Å². The van der Waals surface area contributed by atoms with Gasteiger partial charge in [-0.25, -0.2) is 4.79 Å². The summed E-state index contributed by atoms with van der Waals surface area (Å²) in [6.07, 6.45) is 0.546. The smallest absolute Gasteiger partial charge is 0.315 e. The molecule has 52 heavy (non-hydrogen) atoms. The summed E-state index contributed by atoms with van der Waals surface area (Å²) < 4.78 is 13.6. The van der Waals surface area contributed by atoms with Gasteiger partial charge in [0.2, 0.25) is 5.91 Å². The van der Waals surface area contributed by atoms with Crippen LogP contribution in [0.25, 0.3) is 11.1 Å². The second kappa shape index (κ2) is 15.9. The van der Waals surface area contributed by atoms with Crippen LogP contribution < -0.4 is 20.9 Å². The number of carbonyl (C=O) groups is 2. The van der Waals surface area contributed by atoms with E-state index in [0.717, 1.165) is 71.5 Å². The number of hydrogen-bond acceptors (Lipinski definition) is 7. The number of urea groups is 1. The molecule has 0 aliphatic carbocycles. The zero-order chi connectivity index (χ0) is 36.1. The maximum Gasteiger partial charge on any atom is 0.315 e. The van der Waals surface area contributed by atoms with Crippen LogP contribution in [0.15, 0.2) is 103 Å². The van der Waals surface area contributed by atoms with Crippen LogP contribution in [0, 0.1) is 5.92 Å². The number of piperidine rings is 1. The minimum Gasteiger partial charge on any atom is -0.392 e. The summed E-state index contributed by atoms with van der Waals surface area (Å²) in [4.78, 5) is 30.1. The van der Waals surface area contributed by atoms with Crippen LogP contribution in [0.3, 0.4) is 0 Å². The third kappa shape index (κ3) is 7.43. The largest absolute Gasteiger partial charge is 0.392 e. The Labute approximate surface area is 306 Å². The third-order valence-electron chi connectivity index (χ3n) is 10.9. The van der Waals surface area contributed by atoms with Gasteiger partial charge in [-0.2, -0.15) is 0 Å². The molecule has 4 aromatic rings. The second-order valence-electron chi connectivity index (χ2n) is 14.1. The highest BCUT2D eigenvalue weighted by molar-refractivity contribution is 5.93. The molecule has 272 valence electrons. The van der Waals surface area contributed by atoms with Crippen molar-refractivity contribution in [2.75, 3.05) is 37.7 Å². The minimum atomic E-state index is -0.585. The summed E-state index contributed by atoms with van der Waals surface area (Å²) in [6, 6.07) is 34.4. The fourth-order valence-electron chi connectivity index (χ4n) is 7.90. The first-order chi connectivity index (χ1) is 25.4. The number of para-hydroxylation sites is 1. The van der Waals surface area contributed by atoms with Gasteiger partial charge in [0.1, 0.15) is 5.54 Å². The van der Waals surface area contributed by atoms with Crippen LogP contribution >= 0.6 is 0 Å². The number of anilines is 1. The monoisotopic (exact) mass is 703 g/mol. The molecule has 3 fully saturated rings. The van der Waals surface area contributed by atoms with E-state index in [4.69, 9.17) is 9.47 Å². The highest BCUT2D eigenvalue weighted by Crippen LogP contribution is 2.43. The number of nitrogens with one attached hydrogen (secondary N) is 3. The van der Waals surface area contributed by atoms with Crippen LogP contribution in [0.4, 0.5) is 10.5 Å². The highest BCUT2D eigenvalue weighted by atomic mass is 16.7. The van der Waals surface area contributed by atoms with Crippen molar-refractivity contribution in [3.05, 3.63) is 125 Å². The standard InChI is InChI=1S/C42H49N5O5/c1-3-43-41(50)44-25-34-9-7-8-12-36(34)31-17-19-33(20-18-31)39-51-37(29(2)38(52-39)32-15-13-30(27-48)14-16-32)26-46-23-21-42(22-24-46)40(49)45-28-47(42)35-10-5-4-6-11-35/h4-20,29,37-39,48H,3,21-28H2,1-2H3,(H,45,49)(H2,43,44,50)/t29-,37+,38+,39+/m1/s1. The van der Waals surface area contributed by atoms with Crippen LogP contribution in [0.5, 0.6) is 0 Å². The van der Waals surface area contributed by atoms with E-state index < -0.39 is 11.8 Å². The summed E-state index contributed by atoms with van der Waals surface area (Å²) in [5.41, 5.74) is 6.47. The lowest BCUT2D eigenvalue weighted by Gasteiger charge is -2.46. The number of aliphatic hydroxyl groups is 1. The van der Waals surface area contributed by atoms with E-state index in [1.54, 1.807) is 0 Å². The van der Waals surface area contributed by atoms with Gasteiger partial charge < -0.3 is 40.3 Å². The Morgan fingerprint density at radius 3 is 2.29 bits per heavy atom. The first kappa shape index (κ1) is 35.7. The summed E-state index contributed by atoms with van der Waals surface area (Å²) in [6.45, 7) is 7.88. The number of benzene rings is 4. The topological polar surface area (TPSA) is 115 Å². The molecule has 3 saturated heterocycles. The van der Waals surface area contributed by atoms with Gasteiger partial charge in [0.05, 0.1) is 25.5 Å². The quantitative estimate of drug-likeness (QED) is 0.163. The van der Waals surface area contributed by atoms with Crippen molar-refractivity contribution in [3.8, 4) is 11.1 Å². The number of rotatable bonds is 10. The first-order valence-corrected chi connectivity index (χ1v) is 18.4. The Hall–Kier alpha value is -4.74. The molecule has 0 radical (unpaired) electrons. The van der Waals surface area contributed by atoms with Gasteiger partial charge in [-0.15, -0.1) is 0 Å². The molecular formula is C42H49N5O5. The van der Waals surface area contributed by atoms with Gasteiger partial charge in [0, 0.05) is 49.9 Å². The number of aliphatic hydroxyl groups excluding tert-OH is 1. The van der Waals surface area contributed by atoms with Crippen molar-refractivity contribution >= 4 is 17.6 Å². The number of nitrogens with zero attached hydrogens (tertiary/aromatic N) is 2. The van der Waals surface area contributed by atoms with Crippen molar-refractivity contribution in [1.29, 1.82) is 0 Å². The SMILES string of the molecule is CCNC(=O)NCc1ccccc1-c1ccc([C@H]2O[C@@H](CN3CCC4(CC3)C(=O)NCN4c3ccccc3)[C@@H](C)[C@@H](c3ccc(CO)cc3)O2)cc1. The zero-order valence-electron chi connectivity index (χ0n) is 30.0. The number of ether oxygens (including phenoxy) is 2. The summed E-state index contributed by atoms with van der Waals surface area (Å²) in [7, 11) is 0. The Morgan fingerprint density at radius 1 is 0.885 bits per heavy atom. The van der Waals surface area contributed by atoms with E-state index in [9.17, 15) is 14.7 Å². The number of likely N-dealkylation sites (tertiary alicyclic amines) is 1. The third-order valence-corrected chi connectivity index (χ3v) is 10.9. The van der Waals surface area contributed by atoms with E-state index in [0.29, 0.717) is 19.8 Å². The normalized spacial score (nSPS) is 23.0. The zero-order valence-corrected chi connectivity index (χ0v) is 30.0. The Bertz CT molecular complexity index is 1810. The lowest BCUT2D eigenvalue weighted by atomic mass is 9.84. The molecule has 0 aromatic heterocycles. The molecule has 10 heteroatoms. The van der Waals surface area contributed by atoms with Crippen LogP contribution in [0.1, 0.15) is 61.3 Å². The molecule has 3 amide bonds. The minimum absolute atomic E-state index is 0.0105. The molecule has 1 spiro atoms. The average Bonchev–Trinajstić information content (AvgIpc) is 3.50. The van der Waals surface area contributed by atoms with Gasteiger partial charge in [-0.05, 0) is 59.7 Å². The van der Waals surface area contributed by atoms with Gasteiger partial charge >= 0.3 is 6.03 Å². The Morgan fingerprint density at radius 2 is 1.58 bits per heavy atom. The molecule has 3 aliphatic heterocycles. The molecule has 4 aromatic carbocycles. The van der Waals surface area contributed by atoms with Crippen molar-refractivity contribution < 1.29 is 24.2 Å². The Kier molecular flexibility index (Phi) is 10.9. The van der Waals surface area contributed by atoms with Gasteiger partial charge in [0.15, 0.2) is 6.29 Å².